The molecule has 0 saturated carbocycles. The first-order chi connectivity index (χ1) is 13.7. The Morgan fingerprint density at radius 2 is 1.76 bits per heavy atom. The van der Waals surface area contributed by atoms with E-state index in [0.717, 1.165) is 70.5 Å². The van der Waals surface area contributed by atoms with Gasteiger partial charge < -0.3 is 29.3 Å². The van der Waals surface area contributed by atoms with E-state index in [1.807, 2.05) is 12.1 Å². The number of piperazine rings is 1. The highest BCUT2D eigenvalue weighted by atomic mass is 127. The first-order valence-corrected chi connectivity index (χ1v) is 10.2. The fourth-order valence-corrected chi connectivity index (χ4v) is 3.78. The van der Waals surface area contributed by atoms with Crippen LogP contribution in [0.4, 0.5) is 5.69 Å². The summed E-state index contributed by atoms with van der Waals surface area (Å²) < 4.78 is 16.6. The predicted molar refractivity (Wildman–Crippen MR) is 128 cm³/mol. The van der Waals surface area contributed by atoms with E-state index < -0.39 is 0 Å². The summed E-state index contributed by atoms with van der Waals surface area (Å²) in [5.41, 5.74) is 1.05. The maximum Gasteiger partial charge on any atom is 0.194 e. The number of hydrogen-bond acceptors (Lipinski definition) is 5. The summed E-state index contributed by atoms with van der Waals surface area (Å²) in [6.07, 6.45) is 1.80. The highest BCUT2D eigenvalue weighted by Gasteiger charge is 2.32. The van der Waals surface area contributed by atoms with Crippen molar-refractivity contribution in [3.63, 3.8) is 0 Å². The van der Waals surface area contributed by atoms with Gasteiger partial charge in [-0.15, -0.1) is 24.0 Å². The van der Waals surface area contributed by atoms with Gasteiger partial charge in [-0.05, 0) is 31.2 Å². The van der Waals surface area contributed by atoms with Gasteiger partial charge in [0, 0.05) is 71.6 Å². The Bertz CT molecular complexity index is 627. The minimum absolute atomic E-state index is 0. The molecule has 29 heavy (non-hydrogen) atoms. The predicted octanol–water partition coefficient (Wildman–Crippen LogP) is 2.60. The highest BCUT2D eigenvalue weighted by Crippen LogP contribution is 2.25. The van der Waals surface area contributed by atoms with Gasteiger partial charge in [0.2, 0.25) is 0 Å². The van der Waals surface area contributed by atoms with E-state index in [1.165, 1.54) is 5.69 Å². The molecule has 0 radical (unpaired) electrons. The van der Waals surface area contributed by atoms with Crippen molar-refractivity contribution in [2.24, 2.45) is 4.99 Å². The number of benzene rings is 1. The number of rotatable bonds is 6. The Kier molecular flexibility index (Phi) is 9.78. The average molecular weight is 518 g/mol. The summed E-state index contributed by atoms with van der Waals surface area (Å²) in [4.78, 5) is 9.70. The molecule has 2 fully saturated rings. The third-order valence-electron chi connectivity index (χ3n) is 5.71. The molecule has 1 aromatic carbocycles. The maximum atomic E-state index is 5.84. The monoisotopic (exact) mass is 518 g/mol. The van der Waals surface area contributed by atoms with E-state index >= 15 is 0 Å². The van der Waals surface area contributed by atoms with Crippen LogP contribution in [-0.2, 0) is 9.47 Å². The third-order valence-corrected chi connectivity index (χ3v) is 5.71. The molecule has 7 nitrogen and oxygen atoms in total. The Labute approximate surface area is 191 Å². The van der Waals surface area contributed by atoms with Crippen molar-refractivity contribution in [1.82, 2.24) is 10.2 Å². The molecule has 8 heteroatoms. The first kappa shape index (κ1) is 24.0. The van der Waals surface area contributed by atoms with Crippen LogP contribution in [0.1, 0.15) is 19.8 Å². The number of ether oxygens (including phenoxy) is 3. The summed E-state index contributed by atoms with van der Waals surface area (Å²) in [5.74, 6) is 1.88. The number of methoxy groups -OCH3 is 2. The number of anilines is 1. The van der Waals surface area contributed by atoms with E-state index in [0.29, 0.717) is 6.54 Å². The molecule has 2 heterocycles. The van der Waals surface area contributed by atoms with Crippen molar-refractivity contribution in [3.8, 4) is 5.75 Å². The normalized spacial score (nSPS) is 19.5. The lowest BCUT2D eigenvalue weighted by Gasteiger charge is -2.39. The van der Waals surface area contributed by atoms with Crippen LogP contribution in [0.15, 0.2) is 29.3 Å². The molecule has 0 amide bonds. The Balaban J connectivity index is 0.00000300. The molecule has 1 N–H and O–H groups in total. The van der Waals surface area contributed by atoms with Crippen LogP contribution in [-0.4, -0.2) is 83.2 Å². The Morgan fingerprint density at radius 1 is 1.10 bits per heavy atom. The van der Waals surface area contributed by atoms with Crippen LogP contribution < -0.4 is 15.0 Å². The summed E-state index contributed by atoms with van der Waals surface area (Å²) >= 11 is 0. The third kappa shape index (κ3) is 6.36. The molecule has 0 atom stereocenters. The topological polar surface area (TPSA) is 58.6 Å². The van der Waals surface area contributed by atoms with Crippen LogP contribution in [0.3, 0.4) is 0 Å². The van der Waals surface area contributed by atoms with E-state index in [4.69, 9.17) is 19.2 Å². The number of nitrogens with zero attached hydrogens (tertiary/aromatic N) is 3. The summed E-state index contributed by atoms with van der Waals surface area (Å²) in [5, 5.41) is 3.46. The fraction of sp³-hybridized carbons (Fsp3) is 0.667. The molecule has 2 aliphatic rings. The van der Waals surface area contributed by atoms with Crippen molar-refractivity contribution in [1.29, 1.82) is 0 Å². The largest absolute Gasteiger partial charge is 0.497 e. The lowest BCUT2D eigenvalue weighted by Crippen LogP contribution is -2.53. The van der Waals surface area contributed by atoms with Crippen molar-refractivity contribution in [2.45, 2.75) is 25.4 Å². The van der Waals surface area contributed by atoms with Gasteiger partial charge in [-0.25, -0.2) is 0 Å². The SMILES string of the molecule is CCNC(=NCC1(OC)CCOCC1)N1CCN(c2ccc(OC)cc2)CC1.I. The fourth-order valence-electron chi connectivity index (χ4n) is 3.78. The molecular weight excluding hydrogens is 483 g/mol. The number of halogens is 1. The highest BCUT2D eigenvalue weighted by molar-refractivity contribution is 14.0. The van der Waals surface area contributed by atoms with Gasteiger partial charge in [0.1, 0.15) is 5.75 Å². The molecule has 0 unspecified atom stereocenters. The van der Waals surface area contributed by atoms with E-state index in [9.17, 15) is 0 Å². The number of aliphatic imine (C=N–C) groups is 1. The number of hydrogen-bond donors (Lipinski definition) is 1. The molecular formula is C21H35IN4O3. The molecule has 0 aromatic heterocycles. The molecule has 0 spiro atoms. The maximum absolute atomic E-state index is 5.84. The zero-order valence-electron chi connectivity index (χ0n) is 17.9. The smallest absolute Gasteiger partial charge is 0.194 e. The zero-order valence-corrected chi connectivity index (χ0v) is 20.2. The molecule has 1 aromatic rings. The second-order valence-corrected chi connectivity index (χ2v) is 7.34. The number of nitrogens with one attached hydrogen (secondary N) is 1. The van der Waals surface area contributed by atoms with Crippen LogP contribution in [0, 0.1) is 0 Å². The van der Waals surface area contributed by atoms with Crippen LogP contribution >= 0.6 is 24.0 Å². The van der Waals surface area contributed by atoms with Crippen LogP contribution in [0.2, 0.25) is 0 Å². The second-order valence-electron chi connectivity index (χ2n) is 7.34. The molecule has 0 bridgehead atoms. The Hall–Kier alpha value is -1.26. The minimum atomic E-state index is -0.191. The van der Waals surface area contributed by atoms with Gasteiger partial charge in [-0.3, -0.25) is 4.99 Å². The van der Waals surface area contributed by atoms with Crippen LogP contribution in [0.5, 0.6) is 5.75 Å². The van der Waals surface area contributed by atoms with Crippen LogP contribution in [0.25, 0.3) is 0 Å². The first-order valence-electron chi connectivity index (χ1n) is 10.2. The Morgan fingerprint density at radius 3 is 2.31 bits per heavy atom. The lowest BCUT2D eigenvalue weighted by molar-refractivity contribution is -0.0829. The van der Waals surface area contributed by atoms with E-state index in [-0.39, 0.29) is 29.6 Å². The molecule has 2 saturated heterocycles. The van der Waals surface area contributed by atoms with Gasteiger partial charge in [0.15, 0.2) is 5.96 Å². The number of guanidine groups is 1. The lowest BCUT2D eigenvalue weighted by atomic mass is 9.94. The second kappa shape index (κ2) is 11.8. The molecule has 0 aliphatic carbocycles. The average Bonchev–Trinajstić information content (AvgIpc) is 2.77. The zero-order chi connectivity index (χ0) is 19.8. The molecule has 3 rings (SSSR count). The molecule has 2 aliphatic heterocycles. The van der Waals surface area contributed by atoms with Crippen molar-refractivity contribution < 1.29 is 14.2 Å². The van der Waals surface area contributed by atoms with Gasteiger partial charge in [-0.2, -0.15) is 0 Å². The van der Waals surface area contributed by atoms with E-state index in [2.05, 4.69) is 34.2 Å². The van der Waals surface area contributed by atoms with Crippen molar-refractivity contribution in [2.75, 3.05) is 71.6 Å². The van der Waals surface area contributed by atoms with Crippen molar-refractivity contribution in [3.05, 3.63) is 24.3 Å². The standard InChI is InChI=1S/C21H34N4O3.HI/c1-4-22-20(23-17-21(27-3)9-15-28-16-10-21)25-13-11-24(12-14-25)18-5-7-19(26-2)8-6-18;/h5-8H,4,9-17H2,1-3H3,(H,22,23);1H. The quantitative estimate of drug-likeness (QED) is 0.355. The van der Waals surface area contributed by atoms with Gasteiger partial charge in [0.05, 0.1) is 19.3 Å². The summed E-state index contributed by atoms with van der Waals surface area (Å²) in [6.45, 7) is 8.99. The summed E-state index contributed by atoms with van der Waals surface area (Å²) in [6, 6.07) is 8.29. The summed E-state index contributed by atoms with van der Waals surface area (Å²) in [7, 11) is 3.49. The molecule has 164 valence electrons. The van der Waals surface area contributed by atoms with Gasteiger partial charge in [-0.1, -0.05) is 0 Å². The minimum Gasteiger partial charge on any atom is -0.497 e. The van der Waals surface area contributed by atoms with Gasteiger partial charge >= 0.3 is 0 Å². The van der Waals surface area contributed by atoms with Crippen molar-refractivity contribution >= 4 is 35.6 Å². The van der Waals surface area contributed by atoms with Gasteiger partial charge in [0.25, 0.3) is 0 Å². The van der Waals surface area contributed by atoms with E-state index in [1.54, 1.807) is 14.2 Å².